The zero-order chi connectivity index (χ0) is 17.2. The first-order valence-electron chi connectivity index (χ1n) is 7.42. The maximum Gasteiger partial charge on any atom is 0.257 e. The van der Waals surface area contributed by atoms with Crippen LogP contribution in [-0.4, -0.2) is 40.4 Å². The zero-order valence-electron chi connectivity index (χ0n) is 13.1. The Hall–Kier alpha value is -2.16. The lowest BCUT2D eigenvalue weighted by atomic mass is 10.2. The van der Waals surface area contributed by atoms with Gasteiger partial charge < -0.3 is 19.7 Å². The Labute approximate surface area is 142 Å². The minimum Gasteiger partial charge on any atom is -0.508 e. The van der Waals surface area contributed by atoms with Crippen molar-refractivity contribution in [2.75, 3.05) is 19.0 Å². The summed E-state index contributed by atoms with van der Waals surface area (Å²) in [5, 5.41) is 24.1. The number of ether oxygens (including phenoxy) is 2. The summed E-state index contributed by atoms with van der Waals surface area (Å²) in [6.07, 6.45) is 1.50. The minimum absolute atomic E-state index is 0.0781. The first-order valence-corrected chi connectivity index (χ1v) is 8.30. The Morgan fingerprint density at radius 3 is 2.88 bits per heavy atom. The van der Waals surface area contributed by atoms with Gasteiger partial charge in [-0.15, -0.1) is 11.3 Å². The Morgan fingerprint density at radius 1 is 1.42 bits per heavy atom. The van der Waals surface area contributed by atoms with Crippen molar-refractivity contribution >= 4 is 22.4 Å². The van der Waals surface area contributed by atoms with Crippen LogP contribution in [0.3, 0.4) is 0 Å². The largest absolute Gasteiger partial charge is 0.508 e. The average Bonchev–Trinajstić information content (AvgIpc) is 3.18. The Morgan fingerprint density at radius 2 is 2.21 bits per heavy atom. The number of rotatable bonds is 7. The van der Waals surface area contributed by atoms with Gasteiger partial charge in [0.05, 0.1) is 18.9 Å². The smallest absolute Gasteiger partial charge is 0.257 e. The van der Waals surface area contributed by atoms with Gasteiger partial charge in [0.15, 0.2) is 5.13 Å². The first kappa shape index (κ1) is 16.7. The monoisotopic (exact) mass is 350 g/mol. The van der Waals surface area contributed by atoms with E-state index in [4.69, 9.17) is 9.47 Å². The number of phenolic OH excluding ortho intramolecular Hbond substituents is 1. The van der Waals surface area contributed by atoms with Crippen molar-refractivity contribution in [3.8, 4) is 11.5 Å². The second-order valence-corrected chi connectivity index (χ2v) is 6.55. The Kier molecular flexibility index (Phi) is 4.70. The average molecular weight is 350 g/mol. The lowest BCUT2D eigenvalue weighted by Crippen LogP contribution is -2.23. The van der Waals surface area contributed by atoms with Crippen LogP contribution in [0, 0.1) is 0 Å². The van der Waals surface area contributed by atoms with Crippen molar-refractivity contribution in [1.29, 1.82) is 0 Å². The fraction of sp³-hybridized carbons (Fsp3) is 0.375. The number of nitrogens with one attached hydrogen (secondary N) is 1. The summed E-state index contributed by atoms with van der Waals surface area (Å²) in [7, 11) is 1.57. The summed E-state index contributed by atoms with van der Waals surface area (Å²) in [6, 6.07) is 4.31. The maximum absolute atomic E-state index is 12.3. The maximum atomic E-state index is 12.3. The number of aromatic nitrogens is 1. The first-order chi connectivity index (χ1) is 11.5. The highest BCUT2D eigenvalue weighted by molar-refractivity contribution is 7.13. The van der Waals surface area contributed by atoms with Gasteiger partial charge in [0.2, 0.25) is 0 Å². The molecule has 1 heterocycles. The van der Waals surface area contributed by atoms with E-state index in [0.29, 0.717) is 17.5 Å². The number of carbonyl (C=O) groups is 1. The molecule has 1 saturated carbocycles. The van der Waals surface area contributed by atoms with Crippen LogP contribution in [0.5, 0.6) is 11.5 Å². The van der Waals surface area contributed by atoms with Crippen LogP contribution in [0.15, 0.2) is 23.6 Å². The molecule has 1 aromatic carbocycles. The number of aromatic hydroxyl groups is 1. The second-order valence-electron chi connectivity index (χ2n) is 5.69. The fourth-order valence-electron chi connectivity index (χ4n) is 2.20. The number of thiazole rings is 1. The number of aliphatic hydroxyl groups is 1. The number of hydrogen-bond acceptors (Lipinski definition) is 7. The van der Waals surface area contributed by atoms with Crippen molar-refractivity contribution in [3.63, 3.8) is 0 Å². The Bertz CT molecular complexity index is 742. The van der Waals surface area contributed by atoms with E-state index in [9.17, 15) is 15.0 Å². The van der Waals surface area contributed by atoms with E-state index >= 15 is 0 Å². The van der Waals surface area contributed by atoms with Gasteiger partial charge in [0, 0.05) is 24.1 Å². The highest BCUT2D eigenvalue weighted by Gasteiger charge is 2.45. The van der Waals surface area contributed by atoms with Crippen LogP contribution in [0.1, 0.15) is 28.9 Å². The zero-order valence-corrected chi connectivity index (χ0v) is 13.9. The van der Waals surface area contributed by atoms with Crippen LogP contribution >= 0.6 is 11.3 Å². The SMILES string of the molecule is COCc1csc(NC(=O)c2cc(O)cc(OC3(CO)CC3)c2)n1. The number of methoxy groups -OCH3 is 1. The topological polar surface area (TPSA) is 101 Å². The third-order valence-corrected chi connectivity index (χ3v) is 4.45. The molecule has 0 spiro atoms. The summed E-state index contributed by atoms with van der Waals surface area (Å²) in [5.74, 6) is -0.126. The number of carbonyl (C=O) groups excluding carboxylic acids is 1. The molecule has 7 nitrogen and oxygen atoms in total. The quantitative estimate of drug-likeness (QED) is 0.707. The molecule has 0 bridgehead atoms. The molecule has 0 radical (unpaired) electrons. The van der Waals surface area contributed by atoms with Gasteiger partial charge in [-0.25, -0.2) is 4.98 Å². The normalized spacial score (nSPS) is 15.1. The molecule has 0 saturated heterocycles. The standard InChI is InChI=1S/C16H18N2O5S/c1-22-7-11-8-24-15(17-11)18-14(21)10-4-12(20)6-13(5-10)23-16(9-19)2-3-16/h4-6,8,19-20H,2-3,7,9H2,1H3,(H,17,18,21). The van der Waals surface area contributed by atoms with Crippen LogP contribution in [0.4, 0.5) is 5.13 Å². The predicted octanol–water partition coefficient (Wildman–Crippen LogP) is 2.15. The molecule has 8 heteroatoms. The number of phenols is 1. The van der Waals surface area contributed by atoms with Crippen molar-refractivity contribution in [1.82, 2.24) is 4.98 Å². The molecule has 128 valence electrons. The lowest BCUT2D eigenvalue weighted by Gasteiger charge is -2.16. The fourth-order valence-corrected chi connectivity index (χ4v) is 2.89. The molecule has 0 unspecified atom stereocenters. The van der Waals surface area contributed by atoms with Gasteiger partial charge in [0.25, 0.3) is 5.91 Å². The number of nitrogens with zero attached hydrogens (tertiary/aromatic N) is 1. The third kappa shape index (κ3) is 3.84. The van der Waals surface area contributed by atoms with Gasteiger partial charge in [-0.3, -0.25) is 10.1 Å². The molecule has 1 aliphatic carbocycles. The molecule has 0 atom stereocenters. The van der Waals surface area contributed by atoms with Crippen LogP contribution in [0.2, 0.25) is 0 Å². The number of hydrogen-bond donors (Lipinski definition) is 3. The van der Waals surface area contributed by atoms with E-state index in [1.54, 1.807) is 12.5 Å². The van der Waals surface area contributed by atoms with E-state index in [-0.39, 0.29) is 17.9 Å². The number of benzene rings is 1. The lowest BCUT2D eigenvalue weighted by molar-refractivity contribution is 0.0944. The number of aliphatic hydroxyl groups excluding tert-OH is 1. The molecule has 3 rings (SSSR count). The second kappa shape index (κ2) is 6.76. The molecule has 3 N–H and O–H groups in total. The molecule has 0 aliphatic heterocycles. The van der Waals surface area contributed by atoms with Crippen molar-refractivity contribution in [2.24, 2.45) is 0 Å². The minimum atomic E-state index is -0.577. The Balaban J connectivity index is 1.72. The summed E-state index contributed by atoms with van der Waals surface area (Å²) >= 11 is 1.29. The highest BCUT2D eigenvalue weighted by Crippen LogP contribution is 2.40. The molecule has 1 fully saturated rings. The van der Waals surface area contributed by atoms with E-state index in [1.165, 1.54) is 29.5 Å². The molecule has 1 amide bonds. The number of amides is 1. The van der Waals surface area contributed by atoms with E-state index in [0.717, 1.165) is 18.5 Å². The number of anilines is 1. The van der Waals surface area contributed by atoms with E-state index in [1.807, 2.05) is 0 Å². The molecule has 1 aliphatic rings. The predicted molar refractivity (Wildman–Crippen MR) is 88.6 cm³/mol. The third-order valence-electron chi connectivity index (χ3n) is 3.65. The van der Waals surface area contributed by atoms with Crippen molar-refractivity contribution in [2.45, 2.75) is 25.0 Å². The van der Waals surface area contributed by atoms with E-state index < -0.39 is 11.5 Å². The van der Waals surface area contributed by atoms with Crippen LogP contribution < -0.4 is 10.1 Å². The van der Waals surface area contributed by atoms with Crippen LogP contribution in [0.25, 0.3) is 0 Å². The van der Waals surface area contributed by atoms with Gasteiger partial charge in [-0.05, 0) is 25.0 Å². The highest BCUT2D eigenvalue weighted by atomic mass is 32.1. The summed E-state index contributed by atoms with van der Waals surface area (Å²) < 4.78 is 10.7. The van der Waals surface area contributed by atoms with E-state index in [2.05, 4.69) is 10.3 Å². The van der Waals surface area contributed by atoms with Gasteiger partial charge in [0.1, 0.15) is 17.1 Å². The molecular formula is C16H18N2O5S. The summed E-state index contributed by atoms with van der Waals surface area (Å²) in [6.45, 7) is 0.283. The van der Waals surface area contributed by atoms with Crippen LogP contribution in [-0.2, 0) is 11.3 Å². The van der Waals surface area contributed by atoms with Gasteiger partial charge in [-0.1, -0.05) is 0 Å². The summed E-state index contributed by atoms with van der Waals surface area (Å²) in [5.41, 5.74) is 0.407. The molecular weight excluding hydrogens is 332 g/mol. The molecule has 2 aromatic rings. The van der Waals surface area contributed by atoms with Crippen molar-refractivity contribution < 1.29 is 24.5 Å². The molecule has 24 heavy (non-hydrogen) atoms. The van der Waals surface area contributed by atoms with Gasteiger partial charge in [-0.2, -0.15) is 0 Å². The van der Waals surface area contributed by atoms with Crippen molar-refractivity contribution in [3.05, 3.63) is 34.8 Å². The van der Waals surface area contributed by atoms with Gasteiger partial charge >= 0.3 is 0 Å². The molecule has 1 aromatic heterocycles. The summed E-state index contributed by atoms with van der Waals surface area (Å²) in [4.78, 5) is 16.6.